The first-order chi connectivity index (χ1) is 8.36. The van der Waals surface area contributed by atoms with Crippen molar-refractivity contribution < 1.29 is 4.74 Å². The molecular formula is C16H16O. The van der Waals surface area contributed by atoms with E-state index in [1.54, 1.807) is 0 Å². The maximum absolute atomic E-state index is 5.89. The normalized spacial score (nSPS) is 27.5. The zero-order valence-corrected chi connectivity index (χ0v) is 9.91. The van der Waals surface area contributed by atoms with Crippen LogP contribution in [0.1, 0.15) is 30.1 Å². The summed E-state index contributed by atoms with van der Waals surface area (Å²) in [5.74, 6) is 0.485. The first kappa shape index (κ1) is 10.5. The average Bonchev–Trinajstić information content (AvgIpc) is 2.38. The Morgan fingerprint density at radius 1 is 0.765 bits per heavy atom. The van der Waals surface area contributed by atoms with Crippen molar-refractivity contribution >= 4 is 0 Å². The van der Waals surface area contributed by atoms with Gasteiger partial charge < -0.3 is 4.74 Å². The molecule has 17 heavy (non-hydrogen) atoms. The number of ether oxygens (including phenoxy) is 1. The van der Waals surface area contributed by atoms with Gasteiger partial charge >= 0.3 is 0 Å². The summed E-state index contributed by atoms with van der Waals surface area (Å²) in [4.78, 5) is 0. The quantitative estimate of drug-likeness (QED) is 0.751. The minimum atomic E-state index is 0.216. The Morgan fingerprint density at radius 3 is 1.82 bits per heavy atom. The Hall–Kier alpha value is -1.60. The van der Waals surface area contributed by atoms with Crippen molar-refractivity contribution in [3.63, 3.8) is 0 Å². The summed E-state index contributed by atoms with van der Waals surface area (Å²) in [5, 5.41) is 0. The second kappa shape index (κ2) is 4.34. The summed E-state index contributed by atoms with van der Waals surface area (Å²) in [5.41, 5.74) is 2.65. The molecule has 1 fully saturated rings. The highest BCUT2D eigenvalue weighted by Crippen LogP contribution is 2.47. The van der Waals surface area contributed by atoms with Crippen molar-refractivity contribution in [3.05, 3.63) is 71.8 Å². The van der Waals surface area contributed by atoms with E-state index in [0.717, 1.165) is 0 Å². The van der Waals surface area contributed by atoms with Gasteiger partial charge in [0.05, 0.1) is 12.2 Å². The first-order valence-corrected chi connectivity index (χ1v) is 6.11. The predicted molar refractivity (Wildman–Crippen MR) is 68.9 cm³/mol. The molecule has 0 bridgehead atoms. The highest BCUT2D eigenvalue weighted by Gasteiger charge is 2.41. The molecule has 0 aliphatic carbocycles. The van der Waals surface area contributed by atoms with Gasteiger partial charge in [0.25, 0.3) is 0 Å². The summed E-state index contributed by atoms with van der Waals surface area (Å²) < 4.78 is 5.89. The summed E-state index contributed by atoms with van der Waals surface area (Å²) in [7, 11) is 0. The molecule has 0 spiro atoms. The first-order valence-electron chi connectivity index (χ1n) is 6.11. The van der Waals surface area contributed by atoms with Crippen LogP contribution in [0.15, 0.2) is 60.7 Å². The van der Waals surface area contributed by atoms with Gasteiger partial charge in [-0.05, 0) is 18.1 Å². The van der Waals surface area contributed by atoms with Crippen molar-refractivity contribution in [2.75, 3.05) is 0 Å². The molecule has 3 atom stereocenters. The van der Waals surface area contributed by atoms with Gasteiger partial charge in [-0.25, -0.2) is 0 Å². The molecule has 1 heteroatoms. The van der Waals surface area contributed by atoms with Gasteiger partial charge in [-0.1, -0.05) is 60.7 Å². The van der Waals surface area contributed by atoms with Crippen molar-refractivity contribution in [1.82, 2.24) is 0 Å². The fourth-order valence-corrected chi connectivity index (χ4v) is 2.61. The van der Waals surface area contributed by atoms with E-state index in [0.29, 0.717) is 12.0 Å². The van der Waals surface area contributed by atoms with Gasteiger partial charge in [-0.3, -0.25) is 0 Å². The van der Waals surface area contributed by atoms with Crippen LogP contribution >= 0.6 is 0 Å². The Kier molecular flexibility index (Phi) is 2.69. The van der Waals surface area contributed by atoms with Crippen LogP contribution in [0.25, 0.3) is 0 Å². The standard InChI is InChI=1S/C16H16O/c1-12-15(13-8-4-2-5-9-13)16(17-12)14-10-6-3-7-11-14/h2-12,15-16H,1H3/t12-,15+,16+/m1/s1. The molecule has 1 heterocycles. The molecule has 1 aliphatic heterocycles. The zero-order chi connectivity index (χ0) is 11.7. The maximum Gasteiger partial charge on any atom is 0.0922 e. The van der Waals surface area contributed by atoms with Gasteiger partial charge in [-0.15, -0.1) is 0 Å². The van der Waals surface area contributed by atoms with E-state index >= 15 is 0 Å². The number of hydrogen-bond acceptors (Lipinski definition) is 1. The van der Waals surface area contributed by atoms with Crippen LogP contribution in [0.3, 0.4) is 0 Å². The summed E-state index contributed by atoms with van der Waals surface area (Å²) >= 11 is 0. The molecule has 0 N–H and O–H groups in total. The van der Waals surface area contributed by atoms with Crippen LogP contribution in [0.2, 0.25) is 0 Å². The molecule has 0 unspecified atom stereocenters. The maximum atomic E-state index is 5.89. The van der Waals surface area contributed by atoms with Crippen molar-refractivity contribution in [1.29, 1.82) is 0 Å². The summed E-state index contributed by atoms with van der Waals surface area (Å²) in [6.07, 6.45) is 0.524. The van der Waals surface area contributed by atoms with Gasteiger partial charge in [0, 0.05) is 5.92 Å². The predicted octanol–water partition coefficient (Wildman–Crippen LogP) is 3.93. The lowest BCUT2D eigenvalue weighted by atomic mass is 9.80. The molecular weight excluding hydrogens is 208 g/mol. The van der Waals surface area contributed by atoms with Gasteiger partial charge in [-0.2, -0.15) is 0 Å². The van der Waals surface area contributed by atoms with E-state index in [1.807, 2.05) is 6.07 Å². The SMILES string of the molecule is C[C@H]1O[C@@H](c2ccccc2)[C@@H]1c1ccccc1. The lowest BCUT2D eigenvalue weighted by molar-refractivity contribution is -0.142. The monoisotopic (exact) mass is 224 g/mol. The Morgan fingerprint density at radius 2 is 1.29 bits per heavy atom. The van der Waals surface area contributed by atoms with Crippen molar-refractivity contribution in [2.24, 2.45) is 0 Å². The molecule has 0 radical (unpaired) electrons. The van der Waals surface area contributed by atoms with E-state index < -0.39 is 0 Å². The Balaban J connectivity index is 1.89. The van der Waals surface area contributed by atoms with Crippen molar-refractivity contribution in [3.8, 4) is 0 Å². The molecule has 0 amide bonds. The van der Waals surface area contributed by atoms with Crippen LogP contribution in [-0.4, -0.2) is 6.10 Å². The third-order valence-corrected chi connectivity index (χ3v) is 3.51. The largest absolute Gasteiger partial charge is 0.369 e. The molecule has 3 rings (SSSR count). The van der Waals surface area contributed by atoms with E-state index in [-0.39, 0.29) is 6.10 Å². The lowest BCUT2D eigenvalue weighted by Gasteiger charge is -2.44. The van der Waals surface area contributed by atoms with E-state index in [1.165, 1.54) is 11.1 Å². The Bertz CT molecular complexity index is 477. The fourth-order valence-electron chi connectivity index (χ4n) is 2.61. The van der Waals surface area contributed by atoms with E-state index in [4.69, 9.17) is 4.74 Å². The Labute approximate surface area is 102 Å². The summed E-state index contributed by atoms with van der Waals surface area (Å²) in [6.45, 7) is 2.15. The van der Waals surface area contributed by atoms with E-state index in [9.17, 15) is 0 Å². The zero-order valence-electron chi connectivity index (χ0n) is 9.91. The minimum absolute atomic E-state index is 0.216. The van der Waals surface area contributed by atoms with Crippen LogP contribution in [0.5, 0.6) is 0 Å². The highest BCUT2D eigenvalue weighted by molar-refractivity contribution is 5.30. The van der Waals surface area contributed by atoms with Crippen LogP contribution in [0, 0.1) is 0 Å². The van der Waals surface area contributed by atoms with Crippen molar-refractivity contribution in [2.45, 2.75) is 25.0 Å². The molecule has 2 aromatic carbocycles. The van der Waals surface area contributed by atoms with Gasteiger partial charge in [0.15, 0.2) is 0 Å². The highest BCUT2D eigenvalue weighted by atomic mass is 16.5. The topological polar surface area (TPSA) is 9.23 Å². The molecule has 86 valence electrons. The van der Waals surface area contributed by atoms with Crippen LogP contribution < -0.4 is 0 Å². The third kappa shape index (κ3) is 1.87. The summed E-state index contributed by atoms with van der Waals surface area (Å²) in [6, 6.07) is 21.1. The van der Waals surface area contributed by atoms with Crippen LogP contribution in [-0.2, 0) is 4.74 Å². The molecule has 1 aliphatic rings. The molecule has 1 nitrogen and oxygen atoms in total. The van der Waals surface area contributed by atoms with E-state index in [2.05, 4.69) is 61.5 Å². The van der Waals surface area contributed by atoms with Crippen LogP contribution in [0.4, 0.5) is 0 Å². The minimum Gasteiger partial charge on any atom is -0.369 e. The molecule has 2 aromatic rings. The molecule has 1 saturated heterocycles. The number of rotatable bonds is 2. The van der Waals surface area contributed by atoms with Gasteiger partial charge in [0.2, 0.25) is 0 Å². The lowest BCUT2D eigenvalue weighted by Crippen LogP contribution is -2.38. The third-order valence-electron chi connectivity index (χ3n) is 3.51. The number of hydrogen-bond donors (Lipinski definition) is 0. The smallest absolute Gasteiger partial charge is 0.0922 e. The second-order valence-corrected chi connectivity index (χ2v) is 4.61. The van der Waals surface area contributed by atoms with Gasteiger partial charge in [0.1, 0.15) is 0 Å². The molecule has 0 aromatic heterocycles. The average molecular weight is 224 g/mol. The second-order valence-electron chi connectivity index (χ2n) is 4.61. The number of benzene rings is 2. The molecule has 0 saturated carbocycles. The fraction of sp³-hybridized carbons (Fsp3) is 0.250.